The van der Waals surface area contributed by atoms with E-state index in [1.165, 1.54) is 12.8 Å². The highest BCUT2D eigenvalue weighted by atomic mass is 32.1. The quantitative estimate of drug-likeness (QED) is 0.771. The Morgan fingerprint density at radius 2 is 2.11 bits per heavy atom. The van der Waals surface area contributed by atoms with Gasteiger partial charge in [0.15, 0.2) is 10.9 Å². The maximum Gasteiger partial charge on any atom is 0.186 e. The number of Topliss-reactive ketones (excluding diaryl/α,β-unsaturated/α-hetero) is 1. The molecule has 1 aliphatic heterocycles. The molecule has 19 heavy (non-hydrogen) atoms. The molecule has 1 atom stereocenters. The summed E-state index contributed by atoms with van der Waals surface area (Å²) < 4.78 is 0. The summed E-state index contributed by atoms with van der Waals surface area (Å²) in [6.45, 7) is 12.4. The highest BCUT2D eigenvalue weighted by Crippen LogP contribution is 2.35. The topological polar surface area (TPSA) is 33.2 Å². The van der Waals surface area contributed by atoms with Gasteiger partial charge >= 0.3 is 0 Å². The lowest BCUT2D eigenvalue weighted by molar-refractivity contribution is 0.101. The number of carbonyl (C=O) groups excluding carboxylic acids is 1. The third-order valence-electron chi connectivity index (χ3n) is 3.57. The largest absolute Gasteiger partial charge is 0.348 e. The van der Waals surface area contributed by atoms with Gasteiger partial charge < -0.3 is 4.90 Å². The van der Waals surface area contributed by atoms with E-state index in [2.05, 4.69) is 32.6 Å². The van der Waals surface area contributed by atoms with E-state index in [0.29, 0.717) is 0 Å². The van der Waals surface area contributed by atoms with E-state index in [-0.39, 0.29) is 11.2 Å². The fraction of sp³-hybridized carbons (Fsp3) is 0.733. The van der Waals surface area contributed by atoms with Crippen molar-refractivity contribution in [2.75, 3.05) is 18.0 Å². The summed E-state index contributed by atoms with van der Waals surface area (Å²) in [6, 6.07) is 0. The zero-order valence-electron chi connectivity index (χ0n) is 12.6. The zero-order chi connectivity index (χ0) is 14.2. The molecule has 0 bridgehead atoms. The number of hydrogen-bond acceptors (Lipinski definition) is 4. The van der Waals surface area contributed by atoms with Gasteiger partial charge in [-0.3, -0.25) is 4.79 Å². The Kier molecular flexibility index (Phi) is 4.00. The lowest BCUT2D eigenvalue weighted by Crippen LogP contribution is -2.34. The van der Waals surface area contributed by atoms with Crippen LogP contribution in [0, 0.1) is 5.92 Å². The van der Waals surface area contributed by atoms with Crippen molar-refractivity contribution >= 4 is 22.3 Å². The number of nitrogens with zero attached hydrogens (tertiary/aromatic N) is 2. The number of aromatic nitrogens is 1. The standard InChI is InChI=1S/C15H24N2OS/c1-10-7-6-8-17(9-10)14-16-13(15(3,4)5)12(19-14)11(2)18/h10H,6-9H2,1-5H3. The molecule has 2 rings (SSSR count). The number of thiazole rings is 1. The second kappa shape index (κ2) is 5.23. The van der Waals surface area contributed by atoms with Crippen LogP contribution in [-0.2, 0) is 5.41 Å². The predicted octanol–water partition coefficient (Wildman–Crippen LogP) is 3.88. The molecule has 0 radical (unpaired) electrons. The van der Waals surface area contributed by atoms with Crippen molar-refractivity contribution in [2.45, 2.75) is 52.9 Å². The third-order valence-corrected chi connectivity index (χ3v) is 4.79. The van der Waals surface area contributed by atoms with Gasteiger partial charge in [-0.15, -0.1) is 0 Å². The van der Waals surface area contributed by atoms with E-state index < -0.39 is 0 Å². The van der Waals surface area contributed by atoms with Gasteiger partial charge in [-0.05, 0) is 18.8 Å². The Balaban J connectivity index is 2.35. The smallest absolute Gasteiger partial charge is 0.186 e. The normalized spacial score (nSPS) is 20.7. The molecule has 0 aliphatic carbocycles. The molecule has 1 aromatic rings. The predicted molar refractivity (Wildman–Crippen MR) is 81.4 cm³/mol. The molecule has 1 aromatic heterocycles. The summed E-state index contributed by atoms with van der Waals surface area (Å²) >= 11 is 1.57. The van der Waals surface area contributed by atoms with Crippen molar-refractivity contribution < 1.29 is 4.79 Å². The van der Waals surface area contributed by atoms with E-state index in [1.54, 1.807) is 18.3 Å². The van der Waals surface area contributed by atoms with Crippen molar-refractivity contribution in [1.82, 2.24) is 4.98 Å². The Morgan fingerprint density at radius 1 is 1.42 bits per heavy atom. The van der Waals surface area contributed by atoms with Gasteiger partial charge in [-0.25, -0.2) is 4.98 Å². The molecule has 1 aliphatic rings. The summed E-state index contributed by atoms with van der Waals surface area (Å²) in [5.41, 5.74) is 0.884. The Labute approximate surface area is 120 Å². The lowest BCUT2D eigenvalue weighted by atomic mass is 9.91. The molecule has 0 spiro atoms. The van der Waals surface area contributed by atoms with Crippen molar-refractivity contribution in [3.63, 3.8) is 0 Å². The third kappa shape index (κ3) is 3.16. The monoisotopic (exact) mass is 280 g/mol. The molecule has 0 N–H and O–H groups in total. The Hall–Kier alpha value is -0.900. The second-order valence-electron chi connectivity index (χ2n) is 6.67. The number of ketones is 1. The van der Waals surface area contributed by atoms with E-state index >= 15 is 0 Å². The van der Waals surface area contributed by atoms with E-state index in [9.17, 15) is 4.79 Å². The first-order chi connectivity index (χ1) is 8.79. The van der Waals surface area contributed by atoms with Gasteiger partial charge in [-0.1, -0.05) is 39.0 Å². The highest BCUT2D eigenvalue weighted by molar-refractivity contribution is 7.17. The molecule has 1 unspecified atom stereocenters. The molecular weight excluding hydrogens is 256 g/mol. The SMILES string of the molecule is CC(=O)c1sc(N2CCCC(C)C2)nc1C(C)(C)C. The fourth-order valence-corrected chi connectivity index (χ4v) is 3.76. The van der Waals surface area contributed by atoms with Gasteiger partial charge in [0.25, 0.3) is 0 Å². The maximum absolute atomic E-state index is 11.8. The van der Waals surface area contributed by atoms with Crippen LogP contribution >= 0.6 is 11.3 Å². The van der Waals surface area contributed by atoms with Crippen molar-refractivity contribution in [2.24, 2.45) is 5.92 Å². The second-order valence-corrected chi connectivity index (χ2v) is 7.65. The van der Waals surface area contributed by atoms with E-state index in [0.717, 1.165) is 34.7 Å². The fourth-order valence-electron chi connectivity index (χ4n) is 2.55. The minimum absolute atomic E-state index is 0.0723. The van der Waals surface area contributed by atoms with Crippen molar-refractivity contribution in [1.29, 1.82) is 0 Å². The number of piperidine rings is 1. The molecule has 4 heteroatoms. The summed E-state index contributed by atoms with van der Waals surface area (Å²) in [4.78, 5) is 19.8. The minimum atomic E-state index is -0.0723. The molecule has 1 fully saturated rings. The lowest BCUT2D eigenvalue weighted by Gasteiger charge is -2.30. The first-order valence-corrected chi connectivity index (χ1v) is 7.88. The highest BCUT2D eigenvalue weighted by Gasteiger charge is 2.28. The number of carbonyl (C=O) groups is 1. The molecule has 106 valence electrons. The van der Waals surface area contributed by atoms with Gasteiger partial charge in [-0.2, -0.15) is 0 Å². The van der Waals surface area contributed by atoms with Gasteiger partial charge in [0, 0.05) is 25.4 Å². The van der Waals surface area contributed by atoms with Crippen LogP contribution in [0.1, 0.15) is 62.8 Å². The summed E-state index contributed by atoms with van der Waals surface area (Å²) in [5, 5.41) is 1.03. The number of hydrogen-bond donors (Lipinski definition) is 0. The summed E-state index contributed by atoms with van der Waals surface area (Å²) in [6.07, 6.45) is 2.52. The van der Waals surface area contributed by atoms with Crippen LogP contribution in [-0.4, -0.2) is 23.9 Å². The van der Waals surface area contributed by atoms with Crippen LogP contribution in [0.3, 0.4) is 0 Å². The first-order valence-electron chi connectivity index (χ1n) is 7.06. The molecule has 1 saturated heterocycles. The van der Waals surface area contributed by atoms with Crippen LogP contribution in [0.15, 0.2) is 0 Å². The van der Waals surface area contributed by atoms with Crippen molar-refractivity contribution in [3.8, 4) is 0 Å². The Bertz CT molecular complexity index is 473. The van der Waals surface area contributed by atoms with Gasteiger partial charge in [0.1, 0.15) is 0 Å². The number of rotatable bonds is 2. The first kappa shape index (κ1) is 14.5. The van der Waals surface area contributed by atoms with Crippen LogP contribution in [0.2, 0.25) is 0 Å². The zero-order valence-corrected chi connectivity index (χ0v) is 13.4. The van der Waals surface area contributed by atoms with Crippen LogP contribution in [0.4, 0.5) is 5.13 Å². The summed E-state index contributed by atoms with van der Waals surface area (Å²) in [7, 11) is 0. The van der Waals surface area contributed by atoms with E-state index in [4.69, 9.17) is 4.98 Å². The average molecular weight is 280 g/mol. The molecule has 2 heterocycles. The molecule has 3 nitrogen and oxygen atoms in total. The van der Waals surface area contributed by atoms with Crippen LogP contribution in [0.25, 0.3) is 0 Å². The Morgan fingerprint density at radius 3 is 2.58 bits per heavy atom. The number of anilines is 1. The molecule has 0 saturated carbocycles. The molecule has 0 amide bonds. The van der Waals surface area contributed by atoms with E-state index in [1.807, 2.05) is 0 Å². The van der Waals surface area contributed by atoms with Gasteiger partial charge in [0.05, 0.1) is 10.6 Å². The minimum Gasteiger partial charge on any atom is -0.348 e. The van der Waals surface area contributed by atoms with Crippen LogP contribution in [0.5, 0.6) is 0 Å². The average Bonchev–Trinajstić information content (AvgIpc) is 2.73. The van der Waals surface area contributed by atoms with Crippen LogP contribution < -0.4 is 4.90 Å². The maximum atomic E-state index is 11.8. The molecule has 0 aromatic carbocycles. The van der Waals surface area contributed by atoms with Crippen molar-refractivity contribution in [3.05, 3.63) is 10.6 Å². The molecular formula is C15H24N2OS. The summed E-state index contributed by atoms with van der Waals surface area (Å²) in [5.74, 6) is 0.857. The van der Waals surface area contributed by atoms with Gasteiger partial charge in [0.2, 0.25) is 0 Å².